The van der Waals surface area contributed by atoms with Gasteiger partial charge in [0.2, 0.25) is 0 Å². The Labute approximate surface area is 186 Å². The molecule has 3 N–H and O–H groups in total. The molecular formula is C21H36IN3O3. The molecule has 0 saturated heterocycles. The molecule has 0 spiro atoms. The van der Waals surface area contributed by atoms with Gasteiger partial charge in [0.1, 0.15) is 0 Å². The van der Waals surface area contributed by atoms with E-state index in [2.05, 4.69) is 29.7 Å². The van der Waals surface area contributed by atoms with Gasteiger partial charge in [0, 0.05) is 19.1 Å². The van der Waals surface area contributed by atoms with E-state index in [9.17, 15) is 5.11 Å². The third-order valence-electron chi connectivity index (χ3n) is 4.80. The van der Waals surface area contributed by atoms with Gasteiger partial charge in [0.25, 0.3) is 0 Å². The molecule has 0 amide bonds. The number of hydrogen-bond donors (Lipinski definition) is 3. The molecule has 1 aromatic rings. The van der Waals surface area contributed by atoms with Crippen LogP contribution in [0.25, 0.3) is 0 Å². The quantitative estimate of drug-likeness (QED) is 0.207. The Morgan fingerprint density at radius 2 is 1.93 bits per heavy atom. The summed E-state index contributed by atoms with van der Waals surface area (Å²) in [6.45, 7) is 6.29. The second-order valence-corrected chi connectivity index (χ2v) is 6.93. The molecule has 7 heteroatoms. The number of aliphatic imine (C=N–C) groups is 1. The highest BCUT2D eigenvalue weighted by Gasteiger charge is 2.19. The van der Waals surface area contributed by atoms with Crippen molar-refractivity contribution in [1.29, 1.82) is 0 Å². The molecule has 0 heterocycles. The molecule has 160 valence electrons. The SMILES string of the molecule is CCNC(=NCCCc1ccc(OC)c(OCC)c1)NC1CCC(O)CC1.I. The Morgan fingerprint density at radius 3 is 2.57 bits per heavy atom. The summed E-state index contributed by atoms with van der Waals surface area (Å²) in [7, 11) is 1.66. The first kappa shape index (κ1) is 24.8. The van der Waals surface area contributed by atoms with Crippen LogP contribution in [0, 0.1) is 0 Å². The molecule has 0 aliphatic heterocycles. The van der Waals surface area contributed by atoms with Crippen LogP contribution in [0.3, 0.4) is 0 Å². The molecule has 28 heavy (non-hydrogen) atoms. The topological polar surface area (TPSA) is 75.1 Å². The van der Waals surface area contributed by atoms with Crippen LogP contribution in [0.5, 0.6) is 11.5 Å². The number of hydrogen-bond acceptors (Lipinski definition) is 4. The van der Waals surface area contributed by atoms with Gasteiger partial charge in [-0.3, -0.25) is 4.99 Å². The Morgan fingerprint density at radius 1 is 1.18 bits per heavy atom. The summed E-state index contributed by atoms with van der Waals surface area (Å²) in [5, 5.41) is 16.5. The monoisotopic (exact) mass is 505 g/mol. The van der Waals surface area contributed by atoms with Crippen LogP contribution < -0.4 is 20.1 Å². The van der Waals surface area contributed by atoms with Crippen molar-refractivity contribution in [2.24, 2.45) is 4.99 Å². The summed E-state index contributed by atoms with van der Waals surface area (Å²) < 4.78 is 11.0. The lowest BCUT2D eigenvalue weighted by atomic mass is 9.93. The summed E-state index contributed by atoms with van der Waals surface area (Å²) in [6, 6.07) is 6.51. The average molecular weight is 505 g/mol. The lowest BCUT2D eigenvalue weighted by Crippen LogP contribution is -2.45. The number of aliphatic hydroxyl groups excluding tert-OH is 1. The number of rotatable bonds is 9. The van der Waals surface area contributed by atoms with Crippen molar-refractivity contribution >= 4 is 29.9 Å². The minimum Gasteiger partial charge on any atom is -0.493 e. The molecular weight excluding hydrogens is 469 g/mol. The highest BCUT2D eigenvalue weighted by Crippen LogP contribution is 2.28. The first-order valence-electron chi connectivity index (χ1n) is 10.2. The van der Waals surface area contributed by atoms with Crippen molar-refractivity contribution in [2.45, 2.75) is 64.5 Å². The zero-order valence-electron chi connectivity index (χ0n) is 17.4. The van der Waals surface area contributed by atoms with Gasteiger partial charge in [-0.2, -0.15) is 0 Å². The van der Waals surface area contributed by atoms with E-state index in [-0.39, 0.29) is 30.1 Å². The van der Waals surface area contributed by atoms with Gasteiger partial charge in [-0.05, 0) is 70.1 Å². The third-order valence-corrected chi connectivity index (χ3v) is 4.80. The lowest BCUT2D eigenvalue weighted by Gasteiger charge is -2.27. The molecule has 0 unspecified atom stereocenters. The number of halogens is 1. The van der Waals surface area contributed by atoms with Gasteiger partial charge >= 0.3 is 0 Å². The molecule has 1 aliphatic carbocycles. The zero-order chi connectivity index (χ0) is 19.5. The number of nitrogens with zero attached hydrogens (tertiary/aromatic N) is 1. The van der Waals surface area contributed by atoms with Gasteiger partial charge in [0.05, 0.1) is 19.8 Å². The van der Waals surface area contributed by atoms with Crippen molar-refractivity contribution in [3.05, 3.63) is 23.8 Å². The van der Waals surface area contributed by atoms with Crippen LogP contribution >= 0.6 is 24.0 Å². The first-order chi connectivity index (χ1) is 13.2. The maximum Gasteiger partial charge on any atom is 0.191 e. The van der Waals surface area contributed by atoms with E-state index in [0.717, 1.165) is 69.1 Å². The molecule has 1 aromatic carbocycles. The van der Waals surface area contributed by atoms with E-state index >= 15 is 0 Å². The van der Waals surface area contributed by atoms with Crippen LogP contribution in [0.2, 0.25) is 0 Å². The zero-order valence-corrected chi connectivity index (χ0v) is 19.7. The average Bonchev–Trinajstić information content (AvgIpc) is 2.67. The minimum absolute atomic E-state index is 0. The number of aryl methyl sites for hydroxylation is 1. The Hall–Kier alpha value is -1.22. The van der Waals surface area contributed by atoms with Gasteiger partial charge in [-0.25, -0.2) is 0 Å². The minimum atomic E-state index is -0.131. The van der Waals surface area contributed by atoms with Crippen molar-refractivity contribution in [3.63, 3.8) is 0 Å². The van der Waals surface area contributed by atoms with E-state index in [1.54, 1.807) is 7.11 Å². The smallest absolute Gasteiger partial charge is 0.191 e. The molecule has 0 atom stereocenters. The molecule has 0 radical (unpaired) electrons. The predicted octanol–water partition coefficient (Wildman–Crippen LogP) is 3.50. The van der Waals surface area contributed by atoms with E-state index in [4.69, 9.17) is 14.5 Å². The Bertz CT molecular complexity index is 590. The normalized spacial score (nSPS) is 19.5. The van der Waals surface area contributed by atoms with Gasteiger partial charge in [-0.15, -0.1) is 24.0 Å². The van der Waals surface area contributed by atoms with Crippen LogP contribution in [-0.2, 0) is 6.42 Å². The molecule has 1 aliphatic rings. The number of ether oxygens (including phenoxy) is 2. The largest absolute Gasteiger partial charge is 0.493 e. The second kappa shape index (κ2) is 13.9. The van der Waals surface area contributed by atoms with Crippen molar-refractivity contribution in [2.75, 3.05) is 26.8 Å². The summed E-state index contributed by atoms with van der Waals surface area (Å²) in [6.07, 6.45) is 5.52. The van der Waals surface area contributed by atoms with Crippen LogP contribution in [0.15, 0.2) is 23.2 Å². The van der Waals surface area contributed by atoms with Crippen LogP contribution in [0.1, 0.15) is 51.5 Å². The third kappa shape index (κ3) is 8.43. The predicted molar refractivity (Wildman–Crippen MR) is 125 cm³/mol. The maximum atomic E-state index is 9.64. The molecule has 1 fully saturated rings. The van der Waals surface area contributed by atoms with Crippen molar-refractivity contribution in [1.82, 2.24) is 10.6 Å². The van der Waals surface area contributed by atoms with Crippen LogP contribution in [0.4, 0.5) is 0 Å². The van der Waals surface area contributed by atoms with E-state index in [1.165, 1.54) is 5.56 Å². The molecule has 2 rings (SSSR count). The number of aliphatic hydroxyl groups is 1. The highest BCUT2D eigenvalue weighted by atomic mass is 127. The summed E-state index contributed by atoms with van der Waals surface area (Å²) in [5.41, 5.74) is 1.23. The summed E-state index contributed by atoms with van der Waals surface area (Å²) >= 11 is 0. The standard InChI is InChI=1S/C21H35N3O3.HI/c1-4-22-21(24-17-9-11-18(25)12-10-17)23-14-6-7-16-8-13-19(26-3)20(15-16)27-5-2;/h8,13,15,17-18,25H,4-7,9-12,14H2,1-3H3,(H2,22,23,24);1H. The first-order valence-corrected chi connectivity index (χ1v) is 10.2. The van der Waals surface area contributed by atoms with Crippen LogP contribution in [-0.4, -0.2) is 50.0 Å². The van der Waals surface area contributed by atoms with E-state index in [0.29, 0.717) is 12.6 Å². The van der Waals surface area contributed by atoms with Gasteiger partial charge in [0.15, 0.2) is 17.5 Å². The Balaban J connectivity index is 0.00000392. The summed E-state index contributed by atoms with van der Waals surface area (Å²) in [5.74, 6) is 2.45. The van der Waals surface area contributed by atoms with Gasteiger partial charge in [-0.1, -0.05) is 6.07 Å². The number of guanidine groups is 1. The number of benzene rings is 1. The maximum absolute atomic E-state index is 9.64. The molecule has 0 bridgehead atoms. The molecule has 1 saturated carbocycles. The number of methoxy groups -OCH3 is 1. The fraction of sp³-hybridized carbons (Fsp3) is 0.667. The van der Waals surface area contributed by atoms with Gasteiger partial charge < -0.3 is 25.2 Å². The fourth-order valence-corrected chi connectivity index (χ4v) is 3.35. The van der Waals surface area contributed by atoms with E-state index in [1.807, 2.05) is 13.0 Å². The van der Waals surface area contributed by atoms with E-state index < -0.39 is 0 Å². The Kier molecular flexibility index (Phi) is 12.3. The van der Waals surface area contributed by atoms with Crippen molar-refractivity contribution in [3.8, 4) is 11.5 Å². The second-order valence-electron chi connectivity index (χ2n) is 6.93. The molecule has 6 nitrogen and oxygen atoms in total. The highest BCUT2D eigenvalue weighted by molar-refractivity contribution is 14.0. The van der Waals surface area contributed by atoms with Crippen molar-refractivity contribution < 1.29 is 14.6 Å². The molecule has 0 aromatic heterocycles. The lowest BCUT2D eigenvalue weighted by molar-refractivity contribution is 0.120. The fourth-order valence-electron chi connectivity index (χ4n) is 3.35. The summed E-state index contributed by atoms with van der Waals surface area (Å²) in [4.78, 5) is 4.71. The number of nitrogens with one attached hydrogen (secondary N) is 2.